The summed E-state index contributed by atoms with van der Waals surface area (Å²) >= 11 is 0. The Morgan fingerprint density at radius 3 is 2.19 bits per heavy atom. The van der Waals surface area contributed by atoms with Crippen LogP contribution in [0.25, 0.3) is 0 Å². The minimum absolute atomic E-state index is 0.0160. The number of hydrogen-bond acceptors (Lipinski definition) is 5. The first-order valence-electron chi connectivity index (χ1n) is 9.52. The van der Waals surface area contributed by atoms with Crippen LogP contribution in [0.2, 0.25) is 0 Å². The Bertz CT molecular complexity index is 1160. The molecule has 0 aliphatic rings. The molecule has 0 unspecified atom stereocenters. The van der Waals surface area contributed by atoms with Crippen molar-refractivity contribution in [3.05, 3.63) is 78.4 Å². The molecule has 31 heavy (non-hydrogen) atoms. The standard InChI is InChI=1S/C23H24N2O5S/c1-17-9-7-8-12-20(17)24-23(26)16-25(18-10-5-4-6-11-18)31(27,28)19-13-14-21(29-2)22(15-19)30-3/h4-15H,16H2,1-3H3,(H,24,26). The number of methoxy groups -OCH3 is 2. The number of carbonyl (C=O) groups excluding carboxylic acids is 1. The largest absolute Gasteiger partial charge is 0.493 e. The van der Waals surface area contributed by atoms with Crippen LogP contribution in [0.4, 0.5) is 11.4 Å². The topological polar surface area (TPSA) is 84.9 Å². The van der Waals surface area contributed by atoms with E-state index in [0.717, 1.165) is 9.87 Å². The minimum Gasteiger partial charge on any atom is -0.493 e. The Labute approximate surface area is 182 Å². The Kier molecular flexibility index (Phi) is 6.81. The summed E-state index contributed by atoms with van der Waals surface area (Å²) in [5, 5.41) is 2.79. The number of carbonyl (C=O) groups is 1. The summed E-state index contributed by atoms with van der Waals surface area (Å²) in [4.78, 5) is 12.8. The Morgan fingerprint density at radius 1 is 0.903 bits per heavy atom. The Hall–Kier alpha value is -3.52. The second-order valence-corrected chi connectivity index (χ2v) is 8.59. The third kappa shape index (κ3) is 4.97. The van der Waals surface area contributed by atoms with Gasteiger partial charge < -0.3 is 14.8 Å². The van der Waals surface area contributed by atoms with Gasteiger partial charge in [-0.3, -0.25) is 9.10 Å². The molecule has 1 N–H and O–H groups in total. The highest BCUT2D eigenvalue weighted by atomic mass is 32.2. The van der Waals surface area contributed by atoms with E-state index in [1.165, 1.54) is 32.4 Å². The molecule has 0 atom stereocenters. The summed E-state index contributed by atoms with van der Waals surface area (Å²) in [6.07, 6.45) is 0. The van der Waals surface area contributed by atoms with Gasteiger partial charge in [-0.1, -0.05) is 36.4 Å². The zero-order chi connectivity index (χ0) is 22.4. The van der Waals surface area contributed by atoms with Crippen molar-refractivity contribution < 1.29 is 22.7 Å². The zero-order valence-electron chi connectivity index (χ0n) is 17.5. The molecule has 0 heterocycles. The maximum atomic E-state index is 13.5. The van der Waals surface area contributed by atoms with Gasteiger partial charge in [-0.25, -0.2) is 8.42 Å². The van der Waals surface area contributed by atoms with E-state index in [-0.39, 0.29) is 10.6 Å². The Morgan fingerprint density at radius 2 is 1.55 bits per heavy atom. The van der Waals surface area contributed by atoms with Crippen LogP contribution >= 0.6 is 0 Å². The predicted octanol–water partition coefficient (Wildman–Crippen LogP) is 3.85. The number of sulfonamides is 1. The summed E-state index contributed by atoms with van der Waals surface area (Å²) < 4.78 is 38.5. The first-order valence-corrected chi connectivity index (χ1v) is 11.0. The van der Waals surface area contributed by atoms with Crippen LogP contribution in [0, 0.1) is 6.92 Å². The Balaban J connectivity index is 1.97. The molecule has 162 valence electrons. The molecule has 3 aromatic carbocycles. The van der Waals surface area contributed by atoms with Gasteiger partial charge in [0.15, 0.2) is 11.5 Å². The lowest BCUT2D eigenvalue weighted by molar-refractivity contribution is -0.114. The van der Waals surface area contributed by atoms with Crippen molar-refractivity contribution in [2.75, 3.05) is 30.4 Å². The van der Waals surface area contributed by atoms with Crippen LogP contribution in [0.5, 0.6) is 11.5 Å². The fourth-order valence-corrected chi connectivity index (χ4v) is 4.48. The molecule has 0 radical (unpaired) electrons. The smallest absolute Gasteiger partial charge is 0.264 e. The molecule has 0 aliphatic heterocycles. The van der Waals surface area contributed by atoms with Crippen molar-refractivity contribution in [1.82, 2.24) is 0 Å². The van der Waals surface area contributed by atoms with E-state index in [4.69, 9.17) is 9.47 Å². The third-order valence-electron chi connectivity index (χ3n) is 4.69. The number of rotatable bonds is 8. The van der Waals surface area contributed by atoms with Gasteiger partial charge in [0.1, 0.15) is 6.54 Å². The lowest BCUT2D eigenvalue weighted by atomic mass is 10.2. The first kappa shape index (κ1) is 22.2. The number of para-hydroxylation sites is 2. The van der Waals surface area contributed by atoms with Crippen molar-refractivity contribution in [3.63, 3.8) is 0 Å². The minimum atomic E-state index is -4.07. The van der Waals surface area contributed by atoms with Gasteiger partial charge in [-0.2, -0.15) is 0 Å². The summed E-state index contributed by atoms with van der Waals surface area (Å²) in [7, 11) is -1.17. The normalized spacial score (nSPS) is 10.9. The monoisotopic (exact) mass is 440 g/mol. The van der Waals surface area contributed by atoms with E-state index in [1.807, 2.05) is 19.1 Å². The van der Waals surface area contributed by atoms with Crippen molar-refractivity contribution in [2.45, 2.75) is 11.8 Å². The molecular weight excluding hydrogens is 416 g/mol. The number of ether oxygens (including phenoxy) is 2. The molecule has 8 heteroatoms. The van der Waals surface area contributed by atoms with E-state index in [9.17, 15) is 13.2 Å². The van der Waals surface area contributed by atoms with Crippen LogP contribution in [0.3, 0.4) is 0 Å². The highest BCUT2D eigenvalue weighted by Crippen LogP contribution is 2.32. The molecule has 3 aromatic rings. The van der Waals surface area contributed by atoms with Gasteiger partial charge in [-0.15, -0.1) is 0 Å². The highest BCUT2D eigenvalue weighted by molar-refractivity contribution is 7.92. The zero-order valence-corrected chi connectivity index (χ0v) is 18.3. The van der Waals surface area contributed by atoms with E-state index in [1.54, 1.807) is 42.5 Å². The molecule has 0 saturated carbocycles. The van der Waals surface area contributed by atoms with Crippen LogP contribution in [-0.2, 0) is 14.8 Å². The molecule has 0 aromatic heterocycles. The second-order valence-electron chi connectivity index (χ2n) is 6.73. The van der Waals surface area contributed by atoms with Gasteiger partial charge in [0.05, 0.1) is 24.8 Å². The lowest BCUT2D eigenvalue weighted by Gasteiger charge is -2.24. The van der Waals surface area contributed by atoms with E-state index >= 15 is 0 Å². The number of nitrogens with one attached hydrogen (secondary N) is 1. The SMILES string of the molecule is COc1ccc(S(=O)(=O)N(CC(=O)Nc2ccccc2C)c2ccccc2)cc1OC. The van der Waals surface area contributed by atoms with Gasteiger partial charge in [0.2, 0.25) is 5.91 Å². The number of aryl methyl sites for hydroxylation is 1. The molecule has 0 fully saturated rings. The number of nitrogens with zero attached hydrogens (tertiary/aromatic N) is 1. The maximum absolute atomic E-state index is 13.5. The van der Waals surface area contributed by atoms with Gasteiger partial charge in [0.25, 0.3) is 10.0 Å². The summed E-state index contributed by atoms with van der Waals surface area (Å²) in [5.74, 6) is 0.230. The van der Waals surface area contributed by atoms with Crippen LogP contribution < -0.4 is 19.1 Å². The van der Waals surface area contributed by atoms with Gasteiger partial charge in [-0.05, 0) is 42.8 Å². The second kappa shape index (κ2) is 9.53. The van der Waals surface area contributed by atoms with Crippen molar-refractivity contribution in [1.29, 1.82) is 0 Å². The lowest BCUT2D eigenvalue weighted by Crippen LogP contribution is -2.38. The molecule has 0 saturated heterocycles. The van der Waals surface area contributed by atoms with Crippen LogP contribution in [0.1, 0.15) is 5.56 Å². The maximum Gasteiger partial charge on any atom is 0.264 e. The summed E-state index contributed by atoms with van der Waals surface area (Å²) in [5.41, 5.74) is 1.88. The molecule has 0 aliphatic carbocycles. The van der Waals surface area contributed by atoms with Crippen molar-refractivity contribution >= 4 is 27.3 Å². The van der Waals surface area contributed by atoms with E-state index < -0.39 is 22.5 Å². The average Bonchev–Trinajstić information content (AvgIpc) is 2.79. The highest BCUT2D eigenvalue weighted by Gasteiger charge is 2.28. The fraction of sp³-hybridized carbons (Fsp3) is 0.174. The van der Waals surface area contributed by atoms with Gasteiger partial charge in [0, 0.05) is 11.8 Å². The molecule has 0 spiro atoms. The fourth-order valence-electron chi connectivity index (χ4n) is 3.05. The van der Waals surface area contributed by atoms with Crippen molar-refractivity contribution in [2.24, 2.45) is 0 Å². The van der Waals surface area contributed by atoms with Gasteiger partial charge >= 0.3 is 0 Å². The molecule has 3 rings (SSSR count). The predicted molar refractivity (Wildman–Crippen MR) is 120 cm³/mol. The quantitative estimate of drug-likeness (QED) is 0.575. The number of hydrogen-bond donors (Lipinski definition) is 1. The van der Waals surface area contributed by atoms with E-state index in [0.29, 0.717) is 17.1 Å². The summed E-state index contributed by atoms with van der Waals surface area (Å²) in [6, 6.07) is 20.1. The molecular formula is C23H24N2O5S. The number of amides is 1. The molecule has 1 amide bonds. The number of benzene rings is 3. The molecule has 7 nitrogen and oxygen atoms in total. The van der Waals surface area contributed by atoms with E-state index in [2.05, 4.69) is 5.32 Å². The summed E-state index contributed by atoms with van der Waals surface area (Å²) in [6.45, 7) is 1.47. The van der Waals surface area contributed by atoms with Crippen LogP contribution in [-0.4, -0.2) is 35.1 Å². The average molecular weight is 441 g/mol. The van der Waals surface area contributed by atoms with Crippen molar-refractivity contribution in [3.8, 4) is 11.5 Å². The first-order chi connectivity index (χ1) is 14.9. The molecule has 0 bridgehead atoms. The number of anilines is 2. The third-order valence-corrected chi connectivity index (χ3v) is 6.46. The van der Waals surface area contributed by atoms with Crippen LogP contribution in [0.15, 0.2) is 77.7 Å².